The Morgan fingerprint density at radius 2 is 2.10 bits per heavy atom. The highest BCUT2D eigenvalue weighted by molar-refractivity contribution is 6.30. The average molecular weight is 318 g/mol. The van der Waals surface area contributed by atoms with Gasteiger partial charge in [-0.3, -0.25) is 4.68 Å². The first kappa shape index (κ1) is 15.9. The van der Waals surface area contributed by atoms with Crippen LogP contribution < -0.4 is 5.73 Å². The fraction of sp³-hybridized carbons (Fsp3) is 0.357. The van der Waals surface area contributed by atoms with E-state index in [0.717, 1.165) is 18.0 Å². The molecule has 2 unspecified atom stereocenters. The van der Waals surface area contributed by atoms with Gasteiger partial charge >= 0.3 is 6.18 Å². The molecule has 0 bridgehead atoms. The molecule has 1 heterocycles. The molecular weight excluding hydrogens is 303 g/mol. The second-order valence-electron chi connectivity index (χ2n) is 4.78. The molecule has 0 aliphatic heterocycles. The van der Waals surface area contributed by atoms with E-state index in [1.54, 1.807) is 24.3 Å². The Morgan fingerprint density at radius 1 is 1.38 bits per heavy atom. The van der Waals surface area contributed by atoms with Gasteiger partial charge in [-0.2, -0.15) is 18.3 Å². The molecule has 0 radical (unpaired) electrons. The molecule has 0 spiro atoms. The second-order valence-corrected chi connectivity index (χ2v) is 5.22. The number of benzene rings is 1. The summed E-state index contributed by atoms with van der Waals surface area (Å²) in [7, 11) is 0. The molecule has 2 aromatic rings. The van der Waals surface area contributed by atoms with Crippen molar-refractivity contribution in [3.63, 3.8) is 0 Å². The maximum Gasteiger partial charge on any atom is 0.419 e. The summed E-state index contributed by atoms with van der Waals surface area (Å²) in [6.45, 7) is 1.87. The molecule has 1 aromatic carbocycles. The molecule has 0 saturated carbocycles. The summed E-state index contributed by atoms with van der Waals surface area (Å²) in [5.74, 6) is 0. The van der Waals surface area contributed by atoms with Gasteiger partial charge in [0.1, 0.15) is 0 Å². The first-order chi connectivity index (χ1) is 9.82. The van der Waals surface area contributed by atoms with Crippen molar-refractivity contribution in [3.8, 4) is 0 Å². The highest BCUT2D eigenvalue weighted by Crippen LogP contribution is 2.31. The molecule has 7 heteroatoms. The van der Waals surface area contributed by atoms with Gasteiger partial charge in [-0.05, 0) is 24.1 Å². The van der Waals surface area contributed by atoms with Gasteiger partial charge in [0.2, 0.25) is 0 Å². The van der Waals surface area contributed by atoms with Crippen LogP contribution in [0, 0.1) is 0 Å². The quantitative estimate of drug-likeness (QED) is 0.930. The van der Waals surface area contributed by atoms with Crippen LogP contribution >= 0.6 is 11.6 Å². The predicted molar refractivity (Wildman–Crippen MR) is 75.1 cm³/mol. The zero-order valence-corrected chi connectivity index (χ0v) is 12.1. The van der Waals surface area contributed by atoms with Crippen molar-refractivity contribution in [2.24, 2.45) is 5.73 Å². The minimum Gasteiger partial charge on any atom is -0.326 e. The van der Waals surface area contributed by atoms with Gasteiger partial charge in [-0.25, -0.2) is 0 Å². The second kappa shape index (κ2) is 6.07. The van der Waals surface area contributed by atoms with Crippen molar-refractivity contribution in [2.75, 3.05) is 0 Å². The third-order valence-corrected chi connectivity index (χ3v) is 3.52. The molecule has 0 saturated heterocycles. The number of halogens is 4. The molecule has 1 aromatic heterocycles. The van der Waals surface area contributed by atoms with Crippen LogP contribution in [0.4, 0.5) is 13.2 Å². The van der Waals surface area contributed by atoms with Gasteiger partial charge in [-0.15, -0.1) is 0 Å². The first-order valence-electron chi connectivity index (χ1n) is 6.45. The summed E-state index contributed by atoms with van der Waals surface area (Å²) in [5.41, 5.74) is 6.00. The smallest absolute Gasteiger partial charge is 0.326 e. The molecule has 21 heavy (non-hydrogen) atoms. The van der Waals surface area contributed by atoms with E-state index in [1.165, 1.54) is 4.68 Å². The minimum atomic E-state index is -4.42. The normalized spacial score (nSPS) is 15.0. The molecular formula is C14H15ClF3N3. The van der Waals surface area contributed by atoms with Crippen molar-refractivity contribution < 1.29 is 13.2 Å². The lowest BCUT2D eigenvalue weighted by molar-refractivity contribution is -0.137. The summed E-state index contributed by atoms with van der Waals surface area (Å²) in [6.07, 6.45) is -2.05. The van der Waals surface area contributed by atoms with Crippen molar-refractivity contribution in [2.45, 2.75) is 31.6 Å². The third-order valence-electron chi connectivity index (χ3n) is 3.28. The minimum absolute atomic E-state index is 0.371. The maximum atomic E-state index is 12.7. The molecule has 2 N–H and O–H groups in total. The molecule has 2 atom stereocenters. The fourth-order valence-electron chi connectivity index (χ4n) is 2.15. The number of alkyl halides is 3. The Hall–Kier alpha value is -1.53. The summed E-state index contributed by atoms with van der Waals surface area (Å²) >= 11 is 5.95. The lowest BCUT2D eigenvalue weighted by atomic mass is 9.98. The summed E-state index contributed by atoms with van der Waals surface area (Å²) < 4.78 is 39.4. The Morgan fingerprint density at radius 3 is 2.62 bits per heavy atom. The average Bonchev–Trinajstić information content (AvgIpc) is 2.88. The van der Waals surface area contributed by atoms with Gasteiger partial charge in [0.25, 0.3) is 0 Å². The number of aromatic nitrogens is 2. The van der Waals surface area contributed by atoms with Crippen LogP contribution in [0.5, 0.6) is 0 Å². The zero-order valence-electron chi connectivity index (χ0n) is 11.3. The topological polar surface area (TPSA) is 43.8 Å². The van der Waals surface area contributed by atoms with Crippen LogP contribution in [0.2, 0.25) is 5.02 Å². The molecule has 2 rings (SSSR count). The van der Waals surface area contributed by atoms with Crippen molar-refractivity contribution >= 4 is 11.6 Å². The largest absolute Gasteiger partial charge is 0.419 e. The van der Waals surface area contributed by atoms with Crippen molar-refractivity contribution in [1.82, 2.24) is 9.78 Å². The Balaban J connectivity index is 2.44. The molecule has 114 valence electrons. The monoisotopic (exact) mass is 317 g/mol. The van der Waals surface area contributed by atoms with Crippen LogP contribution in [-0.2, 0) is 6.18 Å². The summed E-state index contributed by atoms with van der Waals surface area (Å²) in [4.78, 5) is 0. The zero-order chi connectivity index (χ0) is 15.6. The fourth-order valence-corrected chi connectivity index (χ4v) is 2.35. The summed E-state index contributed by atoms with van der Waals surface area (Å²) in [6, 6.07) is 6.04. The molecule has 0 amide bonds. The predicted octanol–water partition coefficient (Wildman–Crippen LogP) is 3.88. The van der Waals surface area contributed by atoms with Crippen molar-refractivity contribution in [1.29, 1.82) is 0 Å². The van der Waals surface area contributed by atoms with Crippen LogP contribution in [-0.4, -0.2) is 15.8 Å². The van der Waals surface area contributed by atoms with E-state index in [9.17, 15) is 13.2 Å². The van der Waals surface area contributed by atoms with Gasteiger partial charge in [0.05, 0.1) is 17.8 Å². The number of hydrogen-bond acceptors (Lipinski definition) is 2. The van der Waals surface area contributed by atoms with E-state index in [-0.39, 0.29) is 6.04 Å². The van der Waals surface area contributed by atoms with Gasteiger partial charge in [0, 0.05) is 17.3 Å². The van der Waals surface area contributed by atoms with Crippen LogP contribution in [0.15, 0.2) is 36.7 Å². The maximum absolute atomic E-state index is 12.7. The van der Waals surface area contributed by atoms with Gasteiger partial charge in [-0.1, -0.05) is 30.7 Å². The Labute approximate surface area is 125 Å². The Bertz CT molecular complexity index is 610. The standard InChI is InChI=1S/C14H15ClF3N3/c1-2-12(19)13(9-4-3-5-11(15)6-9)21-8-10(7-20-21)14(16,17)18/h3-8,12-13H,2,19H2,1H3. The van der Waals surface area contributed by atoms with E-state index < -0.39 is 17.8 Å². The summed E-state index contributed by atoms with van der Waals surface area (Å²) in [5, 5.41) is 4.34. The number of rotatable bonds is 4. The lowest BCUT2D eigenvalue weighted by Gasteiger charge is -2.24. The highest BCUT2D eigenvalue weighted by Gasteiger charge is 2.33. The van der Waals surface area contributed by atoms with Crippen molar-refractivity contribution in [3.05, 3.63) is 52.8 Å². The third kappa shape index (κ3) is 3.57. The van der Waals surface area contributed by atoms with Gasteiger partial charge < -0.3 is 5.73 Å². The van der Waals surface area contributed by atoms with E-state index >= 15 is 0 Å². The van der Waals surface area contributed by atoms with E-state index in [4.69, 9.17) is 17.3 Å². The van der Waals surface area contributed by atoms with E-state index in [1.807, 2.05) is 6.92 Å². The van der Waals surface area contributed by atoms with E-state index in [2.05, 4.69) is 5.10 Å². The van der Waals surface area contributed by atoms with Crippen LogP contribution in [0.1, 0.15) is 30.5 Å². The Kier molecular flexibility index (Phi) is 4.58. The molecule has 0 fully saturated rings. The molecule has 0 aliphatic rings. The first-order valence-corrected chi connectivity index (χ1v) is 6.83. The number of nitrogens with zero attached hydrogens (tertiary/aromatic N) is 2. The van der Waals surface area contributed by atoms with Crippen LogP contribution in [0.25, 0.3) is 0 Å². The van der Waals surface area contributed by atoms with Gasteiger partial charge in [0.15, 0.2) is 0 Å². The van der Waals surface area contributed by atoms with Crippen LogP contribution in [0.3, 0.4) is 0 Å². The molecule has 3 nitrogen and oxygen atoms in total. The number of nitrogens with two attached hydrogens (primary N) is 1. The van der Waals surface area contributed by atoms with E-state index in [0.29, 0.717) is 11.4 Å². The lowest BCUT2D eigenvalue weighted by Crippen LogP contribution is -2.32. The highest BCUT2D eigenvalue weighted by atomic mass is 35.5. The SMILES string of the molecule is CCC(N)C(c1cccc(Cl)c1)n1cc(C(F)(F)F)cn1. The molecule has 0 aliphatic carbocycles. The number of hydrogen-bond donors (Lipinski definition) is 1.